The first-order valence-electron chi connectivity index (χ1n) is 9.28. The van der Waals surface area contributed by atoms with Crippen molar-refractivity contribution in [3.8, 4) is 11.1 Å². The Labute approximate surface area is 189 Å². The van der Waals surface area contributed by atoms with Crippen LogP contribution < -0.4 is 10.6 Å². The van der Waals surface area contributed by atoms with Crippen molar-refractivity contribution in [3.05, 3.63) is 56.6 Å². The van der Waals surface area contributed by atoms with Crippen molar-refractivity contribution in [2.75, 3.05) is 13.2 Å². The lowest BCUT2D eigenvalue weighted by Gasteiger charge is -2.14. The van der Waals surface area contributed by atoms with Gasteiger partial charge in [0.15, 0.2) is 0 Å². The number of rotatable bonds is 5. The van der Waals surface area contributed by atoms with Crippen molar-refractivity contribution >= 4 is 56.2 Å². The number of carbonyl (C=O) groups excluding carboxylic acids is 3. The Morgan fingerprint density at radius 2 is 1.81 bits per heavy atom. The van der Waals surface area contributed by atoms with Crippen LogP contribution in [-0.2, 0) is 7.05 Å². The minimum absolute atomic E-state index is 0.153. The summed E-state index contributed by atoms with van der Waals surface area (Å²) < 4.78 is 1.90. The van der Waals surface area contributed by atoms with Gasteiger partial charge in [-0.1, -0.05) is 29.8 Å². The van der Waals surface area contributed by atoms with Gasteiger partial charge >= 0.3 is 0 Å². The van der Waals surface area contributed by atoms with E-state index in [1.807, 2.05) is 0 Å². The van der Waals surface area contributed by atoms with Gasteiger partial charge in [0.25, 0.3) is 17.7 Å². The maximum absolute atomic E-state index is 12.9. The zero-order valence-corrected chi connectivity index (χ0v) is 18.5. The molecule has 3 amide bonds. The smallest absolute Gasteiger partial charge is 0.269 e. The van der Waals surface area contributed by atoms with Crippen LogP contribution >= 0.6 is 27.5 Å². The van der Waals surface area contributed by atoms with Gasteiger partial charge in [-0.3, -0.25) is 19.7 Å². The van der Waals surface area contributed by atoms with Gasteiger partial charge in [0.1, 0.15) is 5.69 Å². The van der Waals surface area contributed by atoms with E-state index in [2.05, 4.69) is 26.6 Å². The molecule has 0 radical (unpaired) electrons. The maximum Gasteiger partial charge on any atom is 0.269 e. The summed E-state index contributed by atoms with van der Waals surface area (Å²) in [6.07, 6.45) is 0. The number of nitrogens with one attached hydrogen (secondary N) is 2. The van der Waals surface area contributed by atoms with E-state index >= 15 is 0 Å². The Balaban J connectivity index is 2.03. The highest BCUT2D eigenvalue weighted by atomic mass is 79.9. The number of hydrogen-bond acceptors (Lipinski definition) is 5. The highest BCUT2D eigenvalue weighted by Crippen LogP contribution is 2.42. The average Bonchev–Trinajstić information content (AvgIpc) is 3.18. The fraction of sp³-hybridized carbons (Fsp3) is 0.190. The van der Waals surface area contributed by atoms with Crippen molar-refractivity contribution in [3.63, 3.8) is 0 Å². The number of carbonyl (C=O) groups is 3. The quantitative estimate of drug-likeness (QED) is 0.396. The second-order valence-electron chi connectivity index (χ2n) is 7.09. The van der Waals surface area contributed by atoms with Gasteiger partial charge in [0, 0.05) is 23.0 Å². The first-order valence-corrected chi connectivity index (χ1v) is 10.4. The van der Waals surface area contributed by atoms with Crippen LogP contribution in [0.2, 0.25) is 5.02 Å². The third-order valence-electron chi connectivity index (χ3n) is 5.27. The van der Waals surface area contributed by atoms with Crippen LogP contribution in [0.15, 0.2) is 34.8 Å². The van der Waals surface area contributed by atoms with Crippen molar-refractivity contribution < 1.29 is 24.6 Å². The lowest BCUT2D eigenvalue weighted by molar-refractivity contribution is 0.0864. The first kappa shape index (κ1) is 21.5. The summed E-state index contributed by atoms with van der Waals surface area (Å²) in [6, 6.07) is 7.84. The zero-order chi connectivity index (χ0) is 22.4. The van der Waals surface area contributed by atoms with Crippen LogP contribution in [0, 0.1) is 0 Å². The molecular weight excluding hydrogens is 490 g/mol. The minimum Gasteiger partial charge on any atom is -0.394 e. The zero-order valence-electron chi connectivity index (χ0n) is 16.2. The highest BCUT2D eigenvalue weighted by Gasteiger charge is 2.36. The fourth-order valence-electron chi connectivity index (χ4n) is 3.78. The van der Waals surface area contributed by atoms with Gasteiger partial charge in [0.2, 0.25) is 0 Å². The van der Waals surface area contributed by atoms with E-state index in [0.717, 1.165) is 0 Å². The van der Waals surface area contributed by atoms with Gasteiger partial charge in [-0.25, -0.2) is 0 Å². The Morgan fingerprint density at radius 3 is 2.45 bits per heavy atom. The Bertz CT molecular complexity index is 1270. The van der Waals surface area contributed by atoms with Crippen molar-refractivity contribution in [1.29, 1.82) is 0 Å². The number of aliphatic hydroxyl groups excluding tert-OH is 2. The Kier molecular flexibility index (Phi) is 5.61. The molecule has 0 spiro atoms. The topological polar surface area (TPSA) is 121 Å². The number of halogens is 2. The monoisotopic (exact) mass is 505 g/mol. The molecular formula is C21H17BrClN3O5. The fourth-order valence-corrected chi connectivity index (χ4v) is 4.86. The molecule has 8 nitrogen and oxygen atoms in total. The lowest BCUT2D eigenvalue weighted by atomic mass is 9.94. The predicted molar refractivity (Wildman–Crippen MR) is 118 cm³/mol. The molecule has 0 bridgehead atoms. The summed E-state index contributed by atoms with van der Waals surface area (Å²) in [6.45, 7) is -0.875. The molecule has 4 N–H and O–H groups in total. The summed E-state index contributed by atoms with van der Waals surface area (Å²) >= 11 is 9.78. The molecule has 0 aliphatic carbocycles. The summed E-state index contributed by atoms with van der Waals surface area (Å²) in [4.78, 5) is 38.2. The van der Waals surface area contributed by atoms with E-state index in [4.69, 9.17) is 11.6 Å². The van der Waals surface area contributed by atoms with Crippen molar-refractivity contribution in [2.24, 2.45) is 7.05 Å². The molecule has 10 heteroatoms. The number of fused-ring (bicyclic) bond motifs is 3. The molecule has 0 fully saturated rings. The number of aliphatic hydroxyl groups is 2. The van der Waals surface area contributed by atoms with Crippen molar-refractivity contribution in [1.82, 2.24) is 15.2 Å². The van der Waals surface area contributed by atoms with Crippen LogP contribution in [0.25, 0.3) is 22.0 Å². The predicted octanol–water partition coefficient (Wildman–Crippen LogP) is 2.23. The molecule has 1 aromatic heterocycles. The number of amides is 3. The minimum atomic E-state index is -0.841. The summed E-state index contributed by atoms with van der Waals surface area (Å²) in [5.74, 6) is -1.67. The molecule has 160 valence electrons. The molecule has 31 heavy (non-hydrogen) atoms. The summed E-state index contributed by atoms with van der Waals surface area (Å²) in [7, 11) is 1.65. The molecule has 0 saturated heterocycles. The van der Waals surface area contributed by atoms with Crippen LogP contribution in [0.3, 0.4) is 0 Å². The summed E-state index contributed by atoms with van der Waals surface area (Å²) in [5, 5.41) is 24.3. The molecule has 2 heterocycles. The second-order valence-corrected chi connectivity index (χ2v) is 8.29. The lowest BCUT2D eigenvalue weighted by Crippen LogP contribution is -2.40. The molecule has 3 aromatic rings. The van der Waals surface area contributed by atoms with E-state index in [9.17, 15) is 24.6 Å². The van der Waals surface area contributed by atoms with Gasteiger partial charge in [-0.15, -0.1) is 0 Å². The van der Waals surface area contributed by atoms with Crippen LogP contribution in [-0.4, -0.2) is 51.8 Å². The second kappa shape index (κ2) is 8.08. The number of imide groups is 1. The molecule has 1 aliphatic rings. The van der Waals surface area contributed by atoms with E-state index < -0.39 is 37.0 Å². The molecule has 0 saturated carbocycles. The van der Waals surface area contributed by atoms with E-state index in [-0.39, 0.29) is 16.8 Å². The average molecular weight is 507 g/mol. The molecule has 0 atom stereocenters. The van der Waals surface area contributed by atoms with Crippen LogP contribution in [0.4, 0.5) is 0 Å². The van der Waals surface area contributed by atoms with E-state index in [0.29, 0.717) is 31.5 Å². The SMILES string of the molecule is Cn1c(C(=O)NC(CO)CO)c(Br)c2c3c(c(-c4ccccc4Cl)cc21)C(=O)NC3=O. The Morgan fingerprint density at radius 1 is 1.16 bits per heavy atom. The van der Waals surface area contributed by atoms with Crippen LogP contribution in [0.1, 0.15) is 31.2 Å². The number of aromatic nitrogens is 1. The number of aryl methyl sites for hydroxylation is 1. The van der Waals surface area contributed by atoms with Crippen LogP contribution in [0.5, 0.6) is 0 Å². The molecule has 2 aromatic carbocycles. The third kappa shape index (κ3) is 3.34. The van der Waals surface area contributed by atoms with Gasteiger partial charge in [-0.2, -0.15) is 0 Å². The van der Waals surface area contributed by atoms with E-state index in [1.54, 1.807) is 41.9 Å². The first-order chi connectivity index (χ1) is 14.8. The number of benzene rings is 2. The van der Waals surface area contributed by atoms with Gasteiger partial charge in [0.05, 0.1) is 40.4 Å². The molecule has 0 unspecified atom stereocenters. The van der Waals surface area contributed by atoms with Crippen molar-refractivity contribution in [2.45, 2.75) is 6.04 Å². The Hall–Kier alpha value is -2.72. The standard InChI is InChI=1S/C21H17BrClN3O5/c1-26-13-6-11(10-4-2-3-5-12(10)23)14-16(20(30)25-19(14)29)15(13)17(22)18(26)21(31)24-9(7-27)8-28/h2-6,9,27-28H,7-8H2,1H3,(H,24,31)(H,25,29,30). The molecule has 1 aliphatic heterocycles. The number of nitrogens with zero attached hydrogens (tertiary/aromatic N) is 1. The van der Waals surface area contributed by atoms with Gasteiger partial charge in [-0.05, 0) is 33.6 Å². The maximum atomic E-state index is 12.9. The normalized spacial score (nSPS) is 13.1. The number of hydrogen-bond donors (Lipinski definition) is 4. The van der Waals surface area contributed by atoms with E-state index in [1.165, 1.54) is 0 Å². The molecule has 4 rings (SSSR count). The summed E-state index contributed by atoms with van der Waals surface area (Å²) in [5.41, 5.74) is 2.09. The highest BCUT2D eigenvalue weighted by molar-refractivity contribution is 9.10. The third-order valence-corrected chi connectivity index (χ3v) is 6.37. The van der Waals surface area contributed by atoms with Gasteiger partial charge < -0.3 is 20.1 Å². The largest absolute Gasteiger partial charge is 0.394 e.